The van der Waals surface area contributed by atoms with Gasteiger partial charge in [-0.05, 0) is 25.2 Å². The number of aromatic nitrogens is 4. The lowest BCUT2D eigenvalue weighted by molar-refractivity contribution is 0.178. The van der Waals surface area contributed by atoms with Gasteiger partial charge in [-0.15, -0.1) is 0 Å². The van der Waals surface area contributed by atoms with Crippen LogP contribution in [0.15, 0.2) is 36.7 Å². The quantitative estimate of drug-likeness (QED) is 0.599. The summed E-state index contributed by atoms with van der Waals surface area (Å²) < 4.78 is 7.40. The van der Waals surface area contributed by atoms with E-state index < -0.39 is 0 Å². The van der Waals surface area contributed by atoms with Crippen LogP contribution < -0.4 is 10.2 Å². The van der Waals surface area contributed by atoms with Crippen molar-refractivity contribution in [2.24, 2.45) is 7.05 Å². The first-order valence-corrected chi connectivity index (χ1v) is 10.6. The molecule has 8 nitrogen and oxygen atoms in total. The SMILES string of the molecule is COCc1nc(NCc2ccc(CN(C)C)cc2)cc(N2CCc3ncn(C)c3C2)n1. The van der Waals surface area contributed by atoms with Crippen LogP contribution >= 0.6 is 0 Å². The minimum Gasteiger partial charge on any atom is -0.377 e. The molecule has 0 atom stereocenters. The van der Waals surface area contributed by atoms with E-state index in [2.05, 4.69) is 68.0 Å². The van der Waals surface area contributed by atoms with Gasteiger partial charge in [0.1, 0.15) is 18.2 Å². The van der Waals surface area contributed by atoms with Crippen molar-refractivity contribution in [3.05, 3.63) is 65.0 Å². The third-order valence-corrected chi connectivity index (χ3v) is 5.46. The van der Waals surface area contributed by atoms with Gasteiger partial charge in [-0.1, -0.05) is 24.3 Å². The van der Waals surface area contributed by atoms with Crippen molar-refractivity contribution in [1.29, 1.82) is 0 Å². The number of nitrogens with one attached hydrogen (secondary N) is 1. The van der Waals surface area contributed by atoms with Gasteiger partial charge in [0.2, 0.25) is 0 Å². The third-order valence-electron chi connectivity index (χ3n) is 5.46. The smallest absolute Gasteiger partial charge is 0.158 e. The summed E-state index contributed by atoms with van der Waals surface area (Å²) in [6, 6.07) is 10.7. The molecule has 3 heterocycles. The molecule has 0 unspecified atom stereocenters. The molecular formula is C23H31N7O. The topological polar surface area (TPSA) is 71.3 Å². The van der Waals surface area contributed by atoms with Gasteiger partial charge in [0.25, 0.3) is 0 Å². The number of benzene rings is 1. The largest absolute Gasteiger partial charge is 0.377 e. The Bertz CT molecular complexity index is 1010. The Hall–Kier alpha value is -2.97. The van der Waals surface area contributed by atoms with Crippen LogP contribution in [-0.2, 0) is 44.4 Å². The second-order valence-corrected chi connectivity index (χ2v) is 8.29. The Morgan fingerprint density at radius 2 is 1.90 bits per heavy atom. The predicted molar refractivity (Wildman–Crippen MR) is 122 cm³/mol. The Labute approximate surface area is 183 Å². The van der Waals surface area contributed by atoms with Crippen LogP contribution in [0.1, 0.15) is 28.3 Å². The fourth-order valence-electron chi connectivity index (χ4n) is 3.86. The summed E-state index contributed by atoms with van der Waals surface area (Å²) in [5, 5.41) is 3.46. The third kappa shape index (κ3) is 5.21. The molecule has 0 saturated heterocycles. The lowest BCUT2D eigenvalue weighted by Crippen LogP contribution is -2.32. The molecule has 0 amide bonds. The van der Waals surface area contributed by atoms with Crippen LogP contribution in [0, 0.1) is 0 Å². The van der Waals surface area contributed by atoms with Gasteiger partial charge in [-0.2, -0.15) is 0 Å². The molecule has 31 heavy (non-hydrogen) atoms. The molecule has 1 aliphatic rings. The van der Waals surface area contributed by atoms with Crippen molar-refractivity contribution >= 4 is 11.6 Å². The molecule has 1 aromatic carbocycles. The Kier molecular flexibility index (Phi) is 6.48. The van der Waals surface area contributed by atoms with Gasteiger partial charge in [-0.3, -0.25) is 0 Å². The van der Waals surface area contributed by atoms with Gasteiger partial charge >= 0.3 is 0 Å². The number of rotatable bonds is 8. The molecule has 0 saturated carbocycles. The first kappa shape index (κ1) is 21.3. The predicted octanol–water partition coefficient (Wildman–Crippen LogP) is 2.59. The molecule has 0 spiro atoms. The second-order valence-electron chi connectivity index (χ2n) is 8.29. The molecule has 164 valence electrons. The van der Waals surface area contributed by atoms with Crippen LogP contribution in [-0.4, -0.2) is 52.2 Å². The highest BCUT2D eigenvalue weighted by molar-refractivity contribution is 5.51. The highest BCUT2D eigenvalue weighted by Gasteiger charge is 2.22. The van der Waals surface area contributed by atoms with E-state index in [1.54, 1.807) is 7.11 Å². The highest BCUT2D eigenvalue weighted by atomic mass is 16.5. The lowest BCUT2D eigenvalue weighted by Gasteiger charge is -2.28. The number of methoxy groups -OCH3 is 1. The summed E-state index contributed by atoms with van der Waals surface area (Å²) in [4.78, 5) is 18.3. The zero-order chi connectivity index (χ0) is 21.8. The van der Waals surface area contributed by atoms with Gasteiger partial charge in [0.15, 0.2) is 5.82 Å². The number of ether oxygens (including phenoxy) is 1. The maximum Gasteiger partial charge on any atom is 0.158 e. The molecule has 4 rings (SSSR count). The van der Waals surface area contributed by atoms with E-state index >= 15 is 0 Å². The normalized spacial score (nSPS) is 13.5. The number of imidazole rings is 1. The number of hydrogen-bond donors (Lipinski definition) is 1. The Morgan fingerprint density at radius 3 is 2.65 bits per heavy atom. The zero-order valence-corrected chi connectivity index (χ0v) is 18.8. The van der Waals surface area contributed by atoms with Crippen molar-refractivity contribution in [3.8, 4) is 0 Å². The summed E-state index contributed by atoms with van der Waals surface area (Å²) in [5.41, 5.74) is 4.94. The molecular weight excluding hydrogens is 390 g/mol. The van der Waals surface area contributed by atoms with Crippen LogP contribution in [0.2, 0.25) is 0 Å². The fourth-order valence-corrected chi connectivity index (χ4v) is 3.86. The average molecular weight is 422 g/mol. The van der Waals surface area contributed by atoms with E-state index in [9.17, 15) is 0 Å². The number of fused-ring (bicyclic) bond motifs is 1. The Morgan fingerprint density at radius 1 is 1.13 bits per heavy atom. The van der Waals surface area contributed by atoms with E-state index in [0.717, 1.165) is 37.7 Å². The molecule has 0 radical (unpaired) electrons. The summed E-state index contributed by atoms with van der Waals surface area (Å²) in [5.74, 6) is 2.41. The number of hydrogen-bond acceptors (Lipinski definition) is 7. The highest BCUT2D eigenvalue weighted by Crippen LogP contribution is 2.24. The first-order chi connectivity index (χ1) is 15.0. The van der Waals surface area contributed by atoms with E-state index in [1.165, 1.54) is 22.5 Å². The molecule has 0 bridgehead atoms. The van der Waals surface area contributed by atoms with Gasteiger partial charge in [0.05, 0.1) is 24.3 Å². The second kappa shape index (κ2) is 9.45. The van der Waals surface area contributed by atoms with Crippen molar-refractivity contribution in [2.75, 3.05) is 38.0 Å². The van der Waals surface area contributed by atoms with E-state index in [-0.39, 0.29) is 0 Å². The van der Waals surface area contributed by atoms with Crippen LogP contribution in [0.3, 0.4) is 0 Å². The molecule has 1 N–H and O–H groups in total. The molecule has 2 aromatic heterocycles. The summed E-state index contributed by atoms with van der Waals surface area (Å²) >= 11 is 0. The van der Waals surface area contributed by atoms with Crippen molar-refractivity contribution in [1.82, 2.24) is 24.4 Å². The summed E-state index contributed by atoms with van der Waals surface area (Å²) in [6.45, 7) is 3.71. The number of anilines is 2. The average Bonchev–Trinajstić information content (AvgIpc) is 3.13. The Balaban J connectivity index is 1.49. The van der Waals surface area contributed by atoms with Crippen LogP contribution in [0.5, 0.6) is 0 Å². The molecule has 8 heteroatoms. The van der Waals surface area contributed by atoms with Crippen molar-refractivity contribution in [2.45, 2.75) is 32.7 Å². The zero-order valence-electron chi connectivity index (χ0n) is 18.8. The van der Waals surface area contributed by atoms with Gasteiger partial charge in [-0.25, -0.2) is 15.0 Å². The maximum atomic E-state index is 5.31. The first-order valence-electron chi connectivity index (χ1n) is 10.6. The van der Waals surface area contributed by atoms with Crippen LogP contribution in [0.25, 0.3) is 0 Å². The van der Waals surface area contributed by atoms with Gasteiger partial charge in [0, 0.05) is 46.3 Å². The maximum absolute atomic E-state index is 5.31. The van der Waals surface area contributed by atoms with E-state index in [4.69, 9.17) is 9.72 Å². The monoisotopic (exact) mass is 421 g/mol. The molecule has 3 aromatic rings. The summed E-state index contributed by atoms with van der Waals surface area (Å²) in [6.07, 6.45) is 2.81. The summed E-state index contributed by atoms with van der Waals surface area (Å²) in [7, 11) is 7.87. The number of nitrogens with zero attached hydrogens (tertiary/aromatic N) is 6. The lowest BCUT2D eigenvalue weighted by atomic mass is 10.1. The fraction of sp³-hybridized carbons (Fsp3) is 0.435. The standard InChI is InChI=1S/C23H31N7O/c1-28(2)13-18-7-5-17(6-8-18)12-24-21-11-23(27-22(26-21)15-31-4)30-10-9-19-20(14-30)29(3)16-25-19/h5-8,11,16H,9-10,12-15H2,1-4H3,(H,24,26,27). The molecule has 1 aliphatic heterocycles. The van der Waals surface area contributed by atoms with Gasteiger partial charge < -0.3 is 24.4 Å². The number of aryl methyl sites for hydroxylation is 1. The van der Waals surface area contributed by atoms with E-state index in [0.29, 0.717) is 19.0 Å². The minimum atomic E-state index is 0.382. The minimum absolute atomic E-state index is 0.382. The molecule has 0 fully saturated rings. The van der Waals surface area contributed by atoms with Crippen molar-refractivity contribution in [3.63, 3.8) is 0 Å². The van der Waals surface area contributed by atoms with Crippen molar-refractivity contribution < 1.29 is 4.74 Å². The van der Waals surface area contributed by atoms with E-state index in [1.807, 2.05) is 19.4 Å². The van der Waals surface area contributed by atoms with Crippen LogP contribution in [0.4, 0.5) is 11.6 Å². The molecule has 0 aliphatic carbocycles.